The van der Waals surface area contributed by atoms with Gasteiger partial charge in [0.2, 0.25) is 0 Å². The Morgan fingerprint density at radius 2 is 1.69 bits per heavy atom. The number of benzene rings is 2. The molecule has 0 amide bonds. The monoisotopic (exact) mass is 455 g/mol. The number of halogens is 2. The van der Waals surface area contributed by atoms with Crippen LogP contribution in [-0.2, 0) is 10.0 Å². The van der Waals surface area contributed by atoms with Crippen LogP contribution < -0.4 is 4.72 Å². The maximum Gasteiger partial charge on any atom is 0.348 e. The van der Waals surface area contributed by atoms with Gasteiger partial charge in [-0.15, -0.1) is 11.3 Å². The number of nitrogens with one attached hydrogen (secondary N) is 1. The van der Waals surface area contributed by atoms with Gasteiger partial charge in [-0.05, 0) is 23.8 Å². The summed E-state index contributed by atoms with van der Waals surface area (Å²) in [6, 6.07) is 11.1. The van der Waals surface area contributed by atoms with Crippen molar-refractivity contribution in [1.29, 1.82) is 0 Å². The molecule has 2 aromatic carbocycles. The van der Waals surface area contributed by atoms with E-state index in [4.69, 9.17) is 16.7 Å². The van der Waals surface area contributed by atoms with Crippen LogP contribution in [0.25, 0.3) is 10.4 Å². The second kappa shape index (κ2) is 7.82. The van der Waals surface area contributed by atoms with Crippen LogP contribution in [0.15, 0.2) is 53.4 Å². The van der Waals surface area contributed by atoms with Crippen molar-refractivity contribution in [3.05, 3.63) is 69.8 Å². The Kier molecular flexibility index (Phi) is 5.60. The van der Waals surface area contributed by atoms with Crippen LogP contribution >= 0.6 is 22.9 Å². The minimum absolute atomic E-state index is 0.271. The average Bonchev–Trinajstić information content (AvgIpc) is 3.05. The summed E-state index contributed by atoms with van der Waals surface area (Å²) in [5.41, 5.74) is -0.217. The maximum atomic E-state index is 14.2. The van der Waals surface area contributed by atoms with Crippen LogP contribution in [0.3, 0.4) is 0 Å². The van der Waals surface area contributed by atoms with Crippen LogP contribution in [-0.4, -0.2) is 30.6 Å². The second-order valence-corrected chi connectivity index (χ2v) is 8.81. The van der Waals surface area contributed by atoms with Gasteiger partial charge in [-0.1, -0.05) is 41.9 Å². The van der Waals surface area contributed by atoms with Crippen molar-refractivity contribution in [3.8, 4) is 10.4 Å². The molecule has 3 N–H and O–H groups in total. The van der Waals surface area contributed by atoms with Gasteiger partial charge < -0.3 is 10.2 Å². The standard InChI is InChI=1S/C18H11ClFNO6S2/c19-11-7-12(20)15(6-10(11)17(22)23)29(26,27)21-13-8-14(28-16(13)18(24)25)9-4-2-1-3-5-9/h1-8,21H,(H,22,23)(H,24,25). The molecule has 0 aliphatic rings. The van der Waals surface area contributed by atoms with E-state index < -0.39 is 43.3 Å². The van der Waals surface area contributed by atoms with Crippen molar-refractivity contribution in [1.82, 2.24) is 0 Å². The first kappa shape index (κ1) is 20.8. The summed E-state index contributed by atoms with van der Waals surface area (Å²) < 4.78 is 41.5. The summed E-state index contributed by atoms with van der Waals surface area (Å²) >= 11 is 6.47. The molecule has 1 heterocycles. The zero-order valence-electron chi connectivity index (χ0n) is 14.2. The van der Waals surface area contributed by atoms with Crippen molar-refractivity contribution in [2.45, 2.75) is 4.90 Å². The van der Waals surface area contributed by atoms with E-state index in [2.05, 4.69) is 0 Å². The van der Waals surface area contributed by atoms with E-state index in [1.165, 1.54) is 6.07 Å². The van der Waals surface area contributed by atoms with E-state index in [0.717, 1.165) is 11.3 Å². The van der Waals surface area contributed by atoms with Crippen molar-refractivity contribution in [3.63, 3.8) is 0 Å². The fourth-order valence-electron chi connectivity index (χ4n) is 2.47. The molecule has 0 aliphatic carbocycles. The quantitative estimate of drug-likeness (QED) is 0.506. The van der Waals surface area contributed by atoms with Crippen LogP contribution in [0.5, 0.6) is 0 Å². The molecular weight excluding hydrogens is 445 g/mol. The van der Waals surface area contributed by atoms with Crippen molar-refractivity contribution >= 4 is 50.6 Å². The van der Waals surface area contributed by atoms with Gasteiger partial charge in [0, 0.05) is 4.88 Å². The van der Waals surface area contributed by atoms with Gasteiger partial charge in [0.25, 0.3) is 10.0 Å². The van der Waals surface area contributed by atoms with Gasteiger partial charge in [0.15, 0.2) is 0 Å². The normalized spacial score (nSPS) is 11.2. The number of thiophene rings is 1. The molecule has 0 atom stereocenters. The Balaban J connectivity index is 2.08. The predicted octanol–water partition coefficient (Wildman–Crippen LogP) is 4.40. The molecule has 0 radical (unpaired) electrons. The molecule has 0 saturated carbocycles. The van der Waals surface area contributed by atoms with E-state index in [1.807, 2.05) is 4.72 Å². The minimum Gasteiger partial charge on any atom is -0.478 e. The molecular formula is C18H11ClFNO6S2. The van der Waals surface area contributed by atoms with Gasteiger partial charge in [0.05, 0.1) is 16.3 Å². The highest BCUT2D eigenvalue weighted by Gasteiger charge is 2.26. The number of hydrogen-bond acceptors (Lipinski definition) is 5. The molecule has 1 aromatic heterocycles. The second-order valence-electron chi connectivity index (χ2n) is 5.70. The van der Waals surface area contributed by atoms with Crippen molar-refractivity contribution < 1.29 is 32.6 Å². The minimum atomic E-state index is -4.65. The van der Waals surface area contributed by atoms with Gasteiger partial charge in [-0.3, -0.25) is 4.72 Å². The Labute approximate surface area is 173 Å². The SMILES string of the molecule is O=C(O)c1cc(S(=O)(=O)Nc2cc(-c3ccccc3)sc2C(=O)O)c(F)cc1Cl. The molecule has 0 saturated heterocycles. The number of hydrogen-bond donors (Lipinski definition) is 3. The van der Waals surface area contributed by atoms with Crippen LogP contribution in [0.1, 0.15) is 20.0 Å². The fraction of sp³-hybridized carbons (Fsp3) is 0. The third kappa shape index (κ3) is 4.24. The smallest absolute Gasteiger partial charge is 0.348 e. The predicted molar refractivity (Wildman–Crippen MR) is 106 cm³/mol. The van der Waals surface area contributed by atoms with Crippen molar-refractivity contribution in [2.24, 2.45) is 0 Å². The lowest BCUT2D eigenvalue weighted by atomic mass is 10.2. The average molecular weight is 456 g/mol. The summed E-state index contributed by atoms with van der Waals surface area (Å²) in [5.74, 6) is -4.19. The van der Waals surface area contributed by atoms with E-state index in [0.29, 0.717) is 22.6 Å². The third-order valence-electron chi connectivity index (χ3n) is 3.77. The van der Waals surface area contributed by atoms with E-state index in [-0.39, 0.29) is 10.6 Å². The summed E-state index contributed by atoms with van der Waals surface area (Å²) in [4.78, 5) is 21.9. The number of anilines is 1. The van der Waals surface area contributed by atoms with Gasteiger partial charge in [-0.2, -0.15) is 0 Å². The Hall–Kier alpha value is -2.95. The Morgan fingerprint density at radius 1 is 1.03 bits per heavy atom. The largest absolute Gasteiger partial charge is 0.478 e. The summed E-state index contributed by atoms with van der Waals surface area (Å²) in [5, 5.41) is 18.0. The molecule has 0 fully saturated rings. The first-order chi connectivity index (χ1) is 13.6. The first-order valence-corrected chi connectivity index (χ1v) is 10.5. The van der Waals surface area contributed by atoms with E-state index in [1.54, 1.807) is 30.3 Å². The lowest BCUT2D eigenvalue weighted by molar-refractivity contribution is 0.0688. The molecule has 3 rings (SSSR count). The number of sulfonamides is 1. The fourth-order valence-corrected chi connectivity index (χ4v) is 4.87. The number of carboxylic acid groups (broad SMARTS) is 2. The van der Waals surface area contributed by atoms with Gasteiger partial charge in [-0.25, -0.2) is 22.4 Å². The zero-order chi connectivity index (χ0) is 21.3. The molecule has 0 aliphatic heterocycles. The highest BCUT2D eigenvalue weighted by Crippen LogP contribution is 2.36. The molecule has 3 aromatic rings. The van der Waals surface area contributed by atoms with Crippen LogP contribution in [0.4, 0.5) is 10.1 Å². The van der Waals surface area contributed by atoms with Crippen molar-refractivity contribution in [2.75, 3.05) is 4.72 Å². The molecule has 7 nitrogen and oxygen atoms in total. The van der Waals surface area contributed by atoms with Gasteiger partial charge >= 0.3 is 11.9 Å². The zero-order valence-corrected chi connectivity index (χ0v) is 16.6. The summed E-state index contributed by atoms with van der Waals surface area (Å²) in [6.45, 7) is 0. The molecule has 150 valence electrons. The molecule has 0 bridgehead atoms. The lowest BCUT2D eigenvalue weighted by Gasteiger charge is -2.10. The molecule has 0 spiro atoms. The summed E-state index contributed by atoms with van der Waals surface area (Å²) in [7, 11) is -4.65. The molecule has 11 heteroatoms. The van der Waals surface area contributed by atoms with Gasteiger partial charge in [0.1, 0.15) is 15.6 Å². The van der Waals surface area contributed by atoms with E-state index in [9.17, 15) is 27.5 Å². The molecule has 0 unspecified atom stereocenters. The maximum absolute atomic E-state index is 14.2. The summed E-state index contributed by atoms with van der Waals surface area (Å²) in [6.07, 6.45) is 0. The third-order valence-corrected chi connectivity index (χ3v) is 6.64. The lowest BCUT2D eigenvalue weighted by Crippen LogP contribution is -2.17. The Bertz CT molecular complexity index is 1220. The topological polar surface area (TPSA) is 121 Å². The number of aromatic carboxylic acids is 2. The van der Waals surface area contributed by atoms with Crippen LogP contribution in [0.2, 0.25) is 5.02 Å². The number of rotatable bonds is 6. The van der Waals surface area contributed by atoms with E-state index >= 15 is 0 Å². The Morgan fingerprint density at radius 3 is 2.28 bits per heavy atom. The molecule has 29 heavy (non-hydrogen) atoms. The number of carboxylic acids is 2. The number of carbonyl (C=O) groups is 2. The highest BCUT2D eigenvalue weighted by atomic mass is 35.5. The highest BCUT2D eigenvalue weighted by molar-refractivity contribution is 7.92. The van der Waals surface area contributed by atoms with Crippen LogP contribution in [0, 0.1) is 5.82 Å². The first-order valence-electron chi connectivity index (χ1n) is 7.78.